The Morgan fingerprint density at radius 2 is 2.00 bits per heavy atom. The fourth-order valence-corrected chi connectivity index (χ4v) is 3.27. The van der Waals surface area contributed by atoms with Crippen molar-refractivity contribution in [2.24, 2.45) is 0 Å². The van der Waals surface area contributed by atoms with E-state index in [9.17, 15) is 4.79 Å². The van der Waals surface area contributed by atoms with E-state index in [2.05, 4.69) is 33.0 Å². The fraction of sp³-hybridized carbons (Fsp3) is 0.214. The van der Waals surface area contributed by atoms with Gasteiger partial charge in [0.15, 0.2) is 0 Å². The largest absolute Gasteiger partial charge is 0.323 e. The second-order valence-electron chi connectivity index (χ2n) is 4.62. The van der Waals surface area contributed by atoms with Crippen molar-refractivity contribution in [2.45, 2.75) is 13.0 Å². The molecule has 0 aliphatic rings. The Morgan fingerprint density at radius 1 is 1.21 bits per heavy atom. The van der Waals surface area contributed by atoms with Gasteiger partial charge in [-0.1, -0.05) is 6.07 Å². The molecule has 0 aliphatic carbocycles. The van der Waals surface area contributed by atoms with E-state index in [1.165, 1.54) is 11.1 Å². The molecule has 2 aromatic heterocycles. The molecule has 0 aliphatic heterocycles. The number of hydrogen-bond acceptors (Lipinski definition) is 3. The molecule has 5 heteroatoms. The summed E-state index contributed by atoms with van der Waals surface area (Å²) in [5, 5.41) is 7.65. The van der Waals surface area contributed by atoms with Crippen LogP contribution < -0.4 is 11.0 Å². The maximum absolute atomic E-state index is 11.3. The lowest BCUT2D eigenvalue weighted by molar-refractivity contribution is 0.691. The van der Waals surface area contributed by atoms with Crippen LogP contribution in [-0.4, -0.2) is 17.0 Å². The van der Waals surface area contributed by atoms with Crippen molar-refractivity contribution in [3.8, 4) is 0 Å². The summed E-state index contributed by atoms with van der Waals surface area (Å²) in [6.45, 7) is 2.12. The SMILES string of the molecule is CNC(c1ccc2[nH]c(=O)[nH]c2c1)c1cscc1C. The van der Waals surface area contributed by atoms with Crippen LogP contribution in [0.3, 0.4) is 0 Å². The van der Waals surface area contributed by atoms with Gasteiger partial charge in [-0.15, -0.1) is 0 Å². The number of imidazole rings is 1. The number of hydrogen-bond donors (Lipinski definition) is 3. The minimum Gasteiger partial charge on any atom is -0.309 e. The van der Waals surface area contributed by atoms with E-state index in [4.69, 9.17) is 0 Å². The van der Waals surface area contributed by atoms with Crippen LogP contribution in [0.1, 0.15) is 22.7 Å². The first-order valence-corrected chi connectivity index (χ1v) is 7.05. The summed E-state index contributed by atoms with van der Waals surface area (Å²) in [5.74, 6) is 0. The van der Waals surface area contributed by atoms with Crippen molar-refractivity contribution >= 4 is 22.4 Å². The number of aromatic amines is 2. The Balaban J connectivity index is 2.11. The van der Waals surface area contributed by atoms with Crippen LogP contribution in [0.5, 0.6) is 0 Å². The quantitative estimate of drug-likeness (QED) is 0.686. The average molecular weight is 273 g/mol. The highest BCUT2D eigenvalue weighted by Crippen LogP contribution is 2.28. The summed E-state index contributed by atoms with van der Waals surface area (Å²) in [4.78, 5) is 16.9. The van der Waals surface area contributed by atoms with Gasteiger partial charge < -0.3 is 15.3 Å². The third-order valence-corrected chi connectivity index (χ3v) is 4.25. The van der Waals surface area contributed by atoms with Crippen LogP contribution in [0, 0.1) is 6.92 Å². The molecule has 0 saturated carbocycles. The molecule has 1 atom stereocenters. The molecule has 19 heavy (non-hydrogen) atoms. The molecular weight excluding hydrogens is 258 g/mol. The van der Waals surface area contributed by atoms with E-state index in [1.54, 1.807) is 11.3 Å². The first-order valence-electron chi connectivity index (χ1n) is 6.11. The predicted octanol–water partition coefficient (Wildman–Crippen LogP) is 2.53. The van der Waals surface area contributed by atoms with Crippen LogP contribution in [-0.2, 0) is 0 Å². The predicted molar refractivity (Wildman–Crippen MR) is 78.9 cm³/mol. The van der Waals surface area contributed by atoms with Gasteiger partial charge in [0.1, 0.15) is 0 Å². The number of thiophene rings is 1. The van der Waals surface area contributed by atoms with Crippen LogP contribution >= 0.6 is 11.3 Å². The third-order valence-electron chi connectivity index (χ3n) is 3.37. The van der Waals surface area contributed by atoms with E-state index in [1.807, 2.05) is 25.2 Å². The van der Waals surface area contributed by atoms with Gasteiger partial charge in [-0.3, -0.25) is 0 Å². The molecule has 2 heterocycles. The molecule has 0 amide bonds. The molecule has 3 rings (SSSR count). The van der Waals surface area contributed by atoms with E-state index < -0.39 is 0 Å². The van der Waals surface area contributed by atoms with Gasteiger partial charge in [-0.2, -0.15) is 11.3 Å². The third kappa shape index (κ3) is 2.11. The topological polar surface area (TPSA) is 60.7 Å². The average Bonchev–Trinajstić information content (AvgIpc) is 2.95. The van der Waals surface area contributed by atoms with Gasteiger partial charge >= 0.3 is 5.69 Å². The van der Waals surface area contributed by atoms with Crippen LogP contribution in [0.2, 0.25) is 0 Å². The van der Waals surface area contributed by atoms with Crippen molar-refractivity contribution in [3.05, 3.63) is 56.1 Å². The van der Waals surface area contributed by atoms with Gasteiger partial charge in [0, 0.05) is 0 Å². The highest BCUT2D eigenvalue weighted by molar-refractivity contribution is 7.08. The fourth-order valence-electron chi connectivity index (χ4n) is 2.40. The van der Waals surface area contributed by atoms with Crippen LogP contribution in [0.15, 0.2) is 33.8 Å². The minimum atomic E-state index is -0.167. The number of H-pyrrole nitrogens is 2. The number of aromatic nitrogens is 2. The van der Waals surface area contributed by atoms with Crippen molar-refractivity contribution in [3.63, 3.8) is 0 Å². The maximum Gasteiger partial charge on any atom is 0.323 e. The first kappa shape index (κ1) is 12.2. The molecule has 0 fully saturated rings. The number of fused-ring (bicyclic) bond motifs is 1. The normalized spacial score (nSPS) is 12.9. The van der Waals surface area contributed by atoms with E-state index in [-0.39, 0.29) is 11.7 Å². The van der Waals surface area contributed by atoms with Crippen LogP contribution in [0.4, 0.5) is 0 Å². The number of rotatable bonds is 3. The van der Waals surface area contributed by atoms with Crippen LogP contribution in [0.25, 0.3) is 11.0 Å². The lowest BCUT2D eigenvalue weighted by Gasteiger charge is -2.17. The second kappa shape index (κ2) is 4.68. The van der Waals surface area contributed by atoms with E-state index in [0.717, 1.165) is 16.6 Å². The summed E-state index contributed by atoms with van der Waals surface area (Å²) >= 11 is 1.71. The number of aryl methyl sites for hydroxylation is 1. The second-order valence-corrected chi connectivity index (χ2v) is 5.36. The standard InChI is InChI=1S/C14H15N3OS/c1-8-6-19-7-10(8)13(15-2)9-3-4-11-12(5-9)17-14(18)16-11/h3-7,13,15H,1-2H3,(H2,16,17,18). The number of benzene rings is 1. The lowest BCUT2D eigenvalue weighted by atomic mass is 9.98. The molecule has 4 nitrogen and oxygen atoms in total. The summed E-state index contributed by atoms with van der Waals surface area (Å²) in [7, 11) is 1.95. The molecule has 1 unspecified atom stereocenters. The van der Waals surface area contributed by atoms with E-state index in [0.29, 0.717) is 0 Å². The van der Waals surface area contributed by atoms with E-state index >= 15 is 0 Å². The molecule has 0 spiro atoms. The van der Waals surface area contributed by atoms with Crippen molar-refractivity contribution in [2.75, 3.05) is 7.05 Å². The van der Waals surface area contributed by atoms with Gasteiger partial charge in [-0.25, -0.2) is 4.79 Å². The molecule has 3 aromatic rings. The van der Waals surface area contributed by atoms with Crippen molar-refractivity contribution in [1.82, 2.24) is 15.3 Å². The molecule has 0 radical (unpaired) electrons. The Bertz CT molecular complexity index is 768. The molecule has 1 aromatic carbocycles. The lowest BCUT2D eigenvalue weighted by Crippen LogP contribution is -2.17. The molecular formula is C14H15N3OS. The Hall–Kier alpha value is -1.85. The van der Waals surface area contributed by atoms with Gasteiger partial charge in [-0.05, 0) is 53.6 Å². The first-order chi connectivity index (χ1) is 9.19. The number of nitrogens with one attached hydrogen (secondary N) is 3. The summed E-state index contributed by atoms with van der Waals surface area (Å²) < 4.78 is 0. The zero-order chi connectivity index (χ0) is 13.4. The molecule has 3 N–H and O–H groups in total. The zero-order valence-corrected chi connectivity index (χ0v) is 11.6. The van der Waals surface area contributed by atoms with Crippen molar-refractivity contribution < 1.29 is 0 Å². The zero-order valence-electron chi connectivity index (χ0n) is 10.8. The molecule has 0 saturated heterocycles. The summed E-state index contributed by atoms with van der Waals surface area (Å²) in [6.07, 6.45) is 0. The maximum atomic E-state index is 11.3. The monoisotopic (exact) mass is 273 g/mol. The highest BCUT2D eigenvalue weighted by Gasteiger charge is 2.15. The molecule has 98 valence electrons. The minimum absolute atomic E-state index is 0.147. The van der Waals surface area contributed by atoms with Gasteiger partial charge in [0.25, 0.3) is 0 Å². The summed E-state index contributed by atoms with van der Waals surface area (Å²) in [6, 6.07) is 6.15. The smallest absolute Gasteiger partial charge is 0.309 e. The Kier molecular flexibility index (Phi) is 3.00. The highest BCUT2D eigenvalue weighted by atomic mass is 32.1. The Labute approximate surface area is 114 Å². The van der Waals surface area contributed by atoms with Gasteiger partial charge in [0.2, 0.25) is 0 Å². The Morgan fingerprint density at radius 3 is 2.68 bits per heavy atom. The van der Waals surface area contributed by atoms with Gasteiger partial charge in [0.05, 0.1) is 17.1 Å². The van der Waals surface area contributed by atoms with Crippen molar-refractivity contribution in [1.29, 1.82) is 0 Å². The summed E-state index contributed by atoms with van der Waals surface area (Å²) in [5.41, 5.74) is 5.23. The molecule has 0 bridgehead atoms.